The number of carbonyl (C=O) groups is 1. The highest BCUT2D eigenvalue weighted by Gasteiger charge is 2.35. The SMILES string of the molecule is Cc1ccc(C2=NN(C(=O)Cn3cnc4ccc(Cl)cc4c3=O)[C@@H](c3ccco3)C2)cc1. The Morgan fingerprint density at radius 1 is 1.19 bits per heavy atom. The number of aromatic nitrogens is 2. The molecule has 8 heteroatoms. The third kappa shape index (κ3) is 3.71. The smallest absolute Gasteiger partial charge is 0.263 e. The van der Waals surface area contributed by atoms with Gasteiger partial charge in [-0.3, -0.25) is 14.2 Å². The summed E-state index contributed by atoms with van der Waals surface area (Å²) >= 11 is 6.03. The van der Waals surface area contributed by atoms with E-state index < -0.39 is 0 Å². The minimum atomic E-state index is -0.382. The van der Waals surface area contributed by atoms with E-state index in [1.165, 1.54) is 15.9 Å². The van der Waals surface area contributed by atoms with Gasteiger partial charge >= 0.3 is 0 Å². The number of fused-ring (bicyclic) bond motifs is 1. The highest BCUT2D eigenvalue weighted by atomic mass is 35.5. The lowest BCUT2D eigenvalue weighted by atomic mass is 10.0. The maximum Gasteiger partial charge on any atom is 0.263 e. The fraction of sp³-hybridized carbons (Fsp3) is 0.167. The van der Waals surface area contributed by atoms with Gasteiger partial charge in [0.05, 0.1) is 29.2 Å². The molecule has 1 atom stereocenters. The molecule has 0 fully saturated rings. The molecule has 160 valence electrons. The van der Waals surface area contributed by atoms with Gasteiger partial charge in [-0.1, -0.05) is 41.4 Å². The monoisotopic (exact) mass is 446 g/mol. The van der Waals surface area contributed by atoms with Gasteiger partial charge in [-0.2, -0.15) is 5.10 Å². The van der Waals surface area contributed by atoms with Crippen LogP contribution in [-0.4, -0.2) is 26.2 Å². The summed E-state index contributed by atoms with van der Waals surface area (Å²) in [6.45, 7) is 1.82. The summed E-state index contributed by atoms with van der Waals surface area (Å²) in [7, 11) is 0. The highest BCUT2D eigenvalue weighted by molar-refractivity contribution is 6.31. The molecule has 32 heavy (non-hydrogen) atoms. The number of nitrogens with zero attached hydrogens (tertiary/aromatic N) is 4. The van der Waals surface area contributed by atoms with Crippen LogP contribution in [-0.2, 0) is 11.3 Å². The van der Waals surface area contributed by atoms with Crippen LogP contribution in [0.25, 0.3) is 10.9 Å². The molecule has 0 saturated carbocycles. The molecule has 2 aromatic carbocycles. The average Bonchev–Trinajstić information content (AvgIpc) is 3.46. The second kappa shape index (κ2) is 8.09. The van der Waals surface area contributed by atoms with Crippen molar-refractivity contribution in [2.75, 3.05) is 0 Å². The average molecular weight is 447 g/mol. The topological polar surface area (TPSA) is 80.7 Å². The van der Waals surface area contributed by atoms with Crippen molar-refractivity contribution in [1.82, 2.24) is 14.6 Å². The first-order chi connectivity index (χ1) is 15.5. The van der Waals surface area contributed by atoms with Gasteiger partial charge in [0.1, 0.15) is 18.3 Å². The molecule has 3 heterocycles. The number of benzene rings is 2. The summed E-state index contributed by atoms with van der Waals surface area (Å²) < 4.78 is 6.86. The first kappa shape index (κ1) is 20.2. The van der Waals surface area contributed by atoms with Crippen LogP contribution in [0, 0.1) is 6.92 Å². The van der Waals surface area contributed by atoms with Crippen LogP contribution in [0.5, 0.6) is 0 Å². The molecule has 4 aromatic rings. The Kier molecular flexibility index (Phi) is 5.11. The summed E-state index contributed by atoms with van der Waals surface area (Å²) in [5.41, 5.74) is 3.07. The molecular formula is C24H19ClN4O3. The van der Waals surface area contributed by atoms with Crippen molar-refractivity contribution in [3.63, 3.8) is 0 Å². The van der Waals surface area contributed by atoms with Crippen LogP contribution >= 0.6 is 11.6 Å². The van der Waals surface area contributed by atoms with Crippen molar-refractivity contribution in [3.8, 4) is 0 Å². The number of halogens is 1. The van der Waals surface area contributed by atoms with Crippen molar-refractivity contribution < 1.29 is 9.21 Å². The molecule has 0 radical (unpaired) electrons. The zero-order chi connectivity index (χ0) is 22.2. The summed E-state index contributed by atoms with van der Waals surface area (Å²) in [6, 6.07) is 16.1. The lowest BCUT2D eigenvalue weighted by Gasteiger charge is -2.20. The molecule has 0 unspecified atom stereocenters. The van der Waals surface area contributed by atoms with Gasteiger partial charge in [0.25, 0.3) is 11.5 Å². The highest BCUT2D eigenvalue weighted by Crippen LogP contribution is 2.33. The van der Waals surface area contributed by atoms with Crippen LogP contribution in [0.3, 0.4) is 0 Å². The molecule has 7 nitrogen and oxygen atoms in total. The molecule has 1 amide bonds. The Morgan fingerprint density at radius 2 is 2.00 bits per heavy atom. The molecule has 5 rings (SSSR count). The normalized spacial score (nSPS) is 15.9. The van der Waals surface area contributed by atoms with Gasteiger partial charge in [-0.05, 0) is 42.8 Å². The molecule has 0 spiro atoms. The number of rotatable bonds is 4. The van der Waals surface area contributed by atoms with Crippen LogP contribution < -0.4 is 5.56 Å². The first-order valence-corrected chi connectivity index (χ1v) is 10.5. The largest absolute Gasteiger partial charge is 0.467 e. The minimum absolute atomic E-state index is 0.198. The number of furan rings is 1. The van der Waals surface area contributed by atoms with E-state index >= 15 is 0 Å². The Morgan fingerprint density at radius 3 is 2.75 bits per heavy atom. The Labute approximate surface area is 188 Å². The van der Waals surface area contributed by atoms with E-state index in [1.807, 2.05) is 37.3 Å². The van der Waals surface area contributed by atoms with Gasteiger partial charge < -0.3 is 4.42 Å². The zero-order valence-electron chi connectivity index (χ0n) is 17.2. The van der Waals surface area contributed by atoms with Gasteiger partial charge in [0, 0.05) is 11.4 Å². The lowest BCUT2D eigenvalue weighted by molar-refractivity contribution is -0.134. The van der Waals surface area contributed by atoms with Crippen molar-refractivity contribution in [2.45, 2.75) is 25.9 Å². The Hall–Kier alpha value is -3.71. The molecule has 2 aromatic heterocycles. The van der Waals surface area contributed by atoms with E-state index in [4.69, 9.17) is 16.0 Å². The van der Waals surface area contributed by atoms with Crippen molar-refractivity contribution in [2.24, 2.45) is 5.10 Å². The Bertz CT molecular complexity index is 1390. The molecule has 1 aliphatic rings. The van der Waals surface area contributed by atoms with Crippen LogP contribution in [0.2, 0.25) is 5.02 Å². The molecule has 0 bridgehead atoms. The van der Waals surface area contributed by atoms with Gasteiger partial charge in [0.2, 0.25) is 0 Å². The van der Waals surface area contributed by atoms with E-state index in [1.54, 1.807) is 30.5 Å². The van der Waals surface area contributed by atoms with Gasteiger partial charge in [-0.15, -0.1) is 0 Å². The predicted octanol–water partition coefficient (Wildman–Crippen LogP) is 4.33. The number of carbonyl (C=O) groups excluding carboxylic acids is 1. The fourth-order valence-corrected chi connectivity index (χ4v) is 4.00. The standard InChI is InChI=1S/C24H19ClN4O3/c1-15-4-6-16(7-5-15)20-12-21(22-3-2-10-32-22)29(27-20)23(30)13-28-14-26-19-9-8-17(25)11-18(19)24(28)31/h2-11,14,21H,12-13H2,1H3/t21-/m1/s1. The minimum Gasteiger partial charge on any atom is -0.467 e. The van der Waals surface area contributed by atoms with Crippen molar-refractivity contribution in [1.29, 1.82) is 0 Å². The molecular weight excluding hydrogens is 428 g/mol. The van der Waals surface area contributed by atoms with E-state index in [0.29, 0.717) is 28.1 Å². The molecule has 0 aliphatic carbocycles. The third-order valence-electron chi connectivity index (χ3n) is 5.51. The van der Waals surface area contributed by atoms with Crippen LogP contribution in [0.15, 0.2) is 81.5 Å². The van der Waals surface area contributed by atoms with Crippen molar-refractivity contribution in [3.05, 3.63) is 99.5 Å². The summed E-state index contributed by atoms with van der Waals surface area (Å²) in [5, 5.41) is 6.81. The molecule has 0 N–H and O–H groups in total. The maximum atomic E-state index is 13.3. The molecule has 1 aliphatic heterocycles. The maximum absolute atomic E-state index is 13.3. The van der Waals surface area contributed by atoms with Gasteiger partial charge in [-0.25, -0.2) is 9.99 Å². The fourth-order valence-electron chi connectivity index (χ4n) is 3.83. The Balaban J connectivity index is 1.48. The summed E-state index contributed by atoms with van der Waals surface area (Å²) in [4.78, 5) is 30.5. The van der Waals surface area contributed by atoms with E-state index in [-0.39, 0.29) is 24.1 Å². The number of hydrogen-bond donors (Lipinski definition) is 0. The van der Waals surface area contributed by atoms with E-state index in [2.05, 4.69) is 10.1 Å². The van der Waals surface area contributed by atoms with Crippen LogP contribution in [0.1, 0.15) is 29.3 Å². The second-order valence-corrected chi connectivity index (χ2v) is 8.16. The quantitative estimate of drug-likeness (QED) is 0.467. The summed E-state index contributed by atoms with van der Waals surface area (Å²) in [6.07, 6.45) is 3.46. The number of hydrazone groups is 1. The van der Waals surface area contributed by atoms with E-state index in [0.717, 1.165) is 16.8 Å². The van der Waals surface area contributed by atoms with Crippen LogP contribution in [0.4, 0.5) is 0 Å². The zero-order valence-corrected chi connectivity index (χ0v) is 18.0. The van der Waals surface area contributed by atoms with Gasteiger partial charge in [0.15, 0.2) is 0 Å². The number of amides is 1. The summed E-state index contributed by atoms with van der Waals surface area (Å²) in [5.74, 6) is 0.304. The number of hydrogen-bond acceptors (Lipinski definition) is 5. The number of aryl methyl sites for hydroxylation is 1. The third-order valence-corrected chi connectivity index (χ3v) is 5.75. The molecule has 0 saturated heterocycles. The first-order valence-electron chi connectivity index (χ1n) is 10.1. The van der Waals surface area contributed by atoms with Crippen molar-refractivity contribution >= 4 is 34.1 Å². The predicted molar refractivity (Wildman–Crippen MR) is 122 cm³/mol. The lowest BCUT2D eigenvalue weighted by Crippen LogP contribution is -2.34. The second-order valence-electron chi connectivity index (χ2n) is 7.73. The van der Waals surface area contributed by atoms with E-state index in [9.17, 15) is 9.59 Å².